The van der Waals surface area contributed by atoms with Crippen LogP contribution in [0.15, 0.2) is 59.6 Å². The van der Waals surface area contributed by atoms with Crippen molar-refractivity contribution in [2.24, 2.45) is 4.99 Å². The number of nitrogens with zero attached hydrogens (tertiary/aromatic N) is 6. The van der Waals surface area contributed by atoms with Crippen LogP contribution in [0, 0.1) is 0 Å². The molecule has 186 valence electrons. The molecule has 0 saturated heterocycles. The average molecular weight is 479 g/mol. The van der Waals surface area contributed by atoms with Crippen molar-refractivity contribution >= 4 is 23.6 Å². The summed E-state index contributed by atoms with van der Waals surface area (Å²) in [4.78, 5) is 21.5. The first-order chi connectivity index (χ1) is 16.9. The van der Waals surface area contributed by atoms with Gasteiger partial charge in [0.05, 0.1) is 0 Å². The number of para-hydroxylation sites is 1. The number of benzene rings is 2. The fourth-order valence-electron chi connectivity index (χ4n) is 3.02. The predicted octanol–water partition coefficient (Wildman–Crippen LogP) is 3.77. The molecule has 0 fully saturated rings. The zero-order valence-electron chi connectivity index (χ0n) is 20.8. The van der Waals surface area contributed by atoms with Crippen LogP contribution in [0.5, 0.6) is 11.5 Å². The lowest BCUT2D eigenvalue weighted by atomic mass is 10.3. The number of amidine groups is 1. The molecule has 3 rings (SSSR count). The number of hydrogen-bond donors (Lipinski definition) is 2. The van der Waals surface area contributed by atoms with Crippen LogP contribution in [0.4, 0.5) is 17.6 Å². The normalized spacial score (nSPS) is 11.4. The van der Waals surface area contributed by atoms with Gasteiger partial charge in [-0.3, -0.25) is 0 Å². The molecule has 1 heterocycles. The Labute approximate surface area is 206 Å². The minimum absolute atomic E-state index is 0.110. The molecule has 0 atom stereocenters. The molecule has 0 unspecified atom stereocenters. The number of nitrogens with two attached hydrogens (primary N) is 1. The molecular formula is C25H34N8O2. The van der Waals surface area contributed by atoms with E-state index in [0.717, 1.165) is 36.7 Å². The third-order valence-electron chi connectivity index (χ3n) is 4.93. The maximum Gasteiger partial charge on any atom is 0.287 e. The van der Waals surface area contributed by atoms with E-state index in [1.807, 2.05) is 87.6 Å². The van der Waals surface area contributed by atoms with Crippen LogP contribution in [-0.4, -0.2) is 71.6 Å². The summed E-state index contributed by atoms with van der Waals surface area (Å²) in [5.74, 6) is 2.36. The van der Waals surface area contributed by atoms with Gasteiger partial charge in [-0.15, -0.1) is 0 Å². The quantitative estimate of drug-likeness (QED) is 0.241. The van der Waals surface area contributed by atoms with Gasteiger partial charge in [0.2, 0.25) is 11.9 Å². The summed E-state index contributed by atoms with van der Waals surface area (Å²) in [6.07, 6.45) is 0.944. The zero-order valence-corrected chi connectivity index (χ0v) is 20.8. The Kier molecular flexibility index (Phi) is 9.61. The molecule has 0 spiro atoms. The third kappa shape index (κ3) is 8.74. The van der Waals surface area contributed by atoms with Crippen molar-refractivity contribution in [1.82, 2.24) is 24.8 Å². The second-order valence-corrected chi connectivity index (χ2v) is 8.12. The summed E-state index contributed by atoms with van der Waals surface area (Å²) in [7, 11) is 6.02. The van der Waals surface area contributed by atoms with Crippen LogP contribution in [-0.2, 0) is 11.3 Å². The van der Waals surface area contributed by atoms with Crippen LogP contribution >= 0.6 is 0 Å². The highest BCUT2D eigenvalue weighted by Gasteiger charge is 2.11. The monoisotopic (exact) mass is 478 g/mol. The fourth-order valence-corrected chi connectivity index (χ4v) is 3.02. The van der Waals surface area contributed by atoms with E-state index >= 15 is 0 Å². The van der Waals surface area contributed by atoms with Crippen molar-refractivity contribution in [3.8, 4) is 11.5 Å². The van der Waals surface area contributed by atoms with Gasteiger partial charge in [0.15, 0.2) is 12.4 Å². The van der Waals surface area contributed by atoms with E-state index in [4.69, 9.17) is 15.2 Å². The van der Waals surface area contributed by atoms with Crippen LogP contribution in [0.1, 0.15) is 19.2 Å². The van der Waals surface area contributed by atoms with E-state index in [1.165, 1.54) is 0 Å². The fraction of sp³-hybridized carbons (Fsp3) is 0.360. The first-order valence-electron chi connectivity index (χ1n) is 11.6. The number of rotatable bonds is 11. The summed E-state index contributed by atoms with van der Waals surface area (Å²) in [5, 5.41) is 3.15. The Morgan fingerprint density at radius 2 is 1.69 bits per heavy atom. The average Bonchev–Trinajstić information content (AvgIpc) is 2.84. The Morgan fingerprint density at radius 3 is 2.37 bits per heavy atom. The molecule has 0 saturated carbocycles. The van der Waals surface area contributed by atoms with Gasteiger partial charge in [-0.2, -0.15) is 15.0 Å². The Bertz CT molecular complexity index is 1070. The van der Waals surface area contributed by atoms with Gasteiger partial charge < -0.3 is 30.3 Å². The molecule has 10 heteroatoms. The summed E-state index contributed by atoms with van der Waals surface area (Å²) in [5.41, 5.74) is 6.71. The van der Waals surface area contributed by atoms with E-state index in [1.54, 1.807) is 0 Å². The van der Waals surface area contributed by atoms with Crippen molar-refractivity contribution in [2.45, 2.75) is 20.0 Å². The van der Waals surface area contributed by atoms with Crippen LogP contribution in [0.2, 0.25) is 0 Å². The van der Waals surface area contributed by atoms with Gasteiger partial charge in [-0.1, -0.05) is 18.2 Å². The largest absolute Gasteiger partial charge is 0.457 e. The standard InChI is InChI=1S/C25H34N8O2/c1-5-33(4)25(27-16-9-17-32(2)3)34-18-22-29-23(26)31-24(30-22)28-19-12-14-21(15-13-19)35-20-10-7-6-8-11-20/h6-8,10-15H,5,9,16-18H2,1-4H3,(H3,26,28,29,30,31). The number of aliphatic imine (C=N–C) groups is 1. The molecule has 1 aromatic heterocycles. The van der Waals surface area contributed by atoms with Crippen molar-refractivity contribution in [3.63, 3.8) is 0 Å². The number of aromatic nitrogens is 3. The molecule has 35 heavy (non-hydrogen) atoms. The van der Waals surface area contributed by atoms with Crippen molar-refractivity contribution < 1.29 is 9.47 Å². The molecule has 3 N–H and O–H groups in total. The Balaban J connectivity index is 1.61. The van der Waals surface area contributed by atoms with Gasteiger partial charge in [0.1, 0.15) is 11.5 Å². The number of nitrogens with one attached hydrogen (secondary N) is 1. The van der Waals surface area contributed by atoms with E-state index in [9.17, 15) is 0 Å². The second kappa shape index (κ2) is 13.1. The number of ether oxygens (including phenoxy) is 2. The van der Waals surface area contributed by atoms with Crippen molar-refractivity contribution in [3.05, 3.63) is 60.4 Å². The van der Waals surface area contributed by atoms with Gasteiger partial charge >= 0.3 is 0 Å². The summed E-state index contributed by atoms with van der Waals surface area (Å²) in [6, 6.07) is 17.6. The Hall–Kier alpha value is -3.92. The lowest BCUT2D eigenvalue weighted by Crippen LogP contribution is -2.29. The minimum atomic E-state index is 0.110. The van der Waals surface area contributed by atoms with Gasteiger partial charge in [0.25, 0.3) is 6.02 Å². The van der Waals surface area contributed by atoms with Crippen molar-refractivity contribution in [2.75, 3.05) is 51.8 Å². The maximum absolute atomic E-state index is 5.93. The van der Waals surface area contributed by atoms with E-state index in [0.29, 0.717) is 24.3 Å². The Morgan fingerprint density at radius 1 is 0.971 bits per heavy atom. The molecule has 0 aliphatic carbocycles. The number of hydrogen-bond acceptors (Lipinski definition) is 9. The highest BCUT2D eigenvalue weighted by atomic mass is 16.5. The first kappa shape index (κ1) is 25.7. The van der Waals surface area contributed by atoms with Gasteiger partial charge in [-0.05, 0) is 70.4 Å². The molecule has 10 nitrogen and oxygen atoms in total. The first-order valence-corrected chi connectivity index (χ1v) is 11.6. The van der Waals surface area contributed by atoms with E-state index < -0.39 is 0 Å². The topological polar surface area (TPSA) is 114 Å². The maximum atomic E-state index is 5.93. The lowest BCUT2D eigenvalue weighted by molar-refractivity contribution is 0.228. The smallest absolute Gasteiger partial charge is 0.287 e. The van der Waals surface area contributed by atoms with Crippen LogP contribution in [0.3, 0.4) is 0 Å². The molecule has 0 radical (unpaired) electrons. The molecule has 2 aromatic carbocycles. The lowest BCUT2D eigenvalue weighted by Gasteiger charge is -2.19. The summed E-state index contributed by atoms with van der Waals surface area (Å²) < 4.78 is 11.8. The third-order valence-corrected chi connectivity index (χ3v) is 4.93. The molecule has 3 aromatic rings. The minimum Gasteiger partial charge on any atom is -0.457 e. The van der Waals surface area contributed by atoms with Crippen LogP contribution < -0.4 is 15.8 Å². The highest BCUT2D eigenvalue weighted by Crippen LogP contribution is 2.23. The molecule has 0 amide bonds. The molecule has 0 aliphatic rings. The molecule has 0 bridgehead atoms. The molecule has 0 aliphatic heterocycles. The van der Waals surface area contributed by atoms with Gasteiger partial charge in [-0.25, -0.2) is 4.99 Å². The number of anilines is 3. The van der Waals surface area contributed by atoms with Crippen LogP contribution in [0.25, 0.3) is 0 Å². The van der Waals surface area contributed by atoms with E-state index in [-0.39, 0.29) is 12.6 Å². The van der Waals surface area contributed by atoms with Gasteiger partial charge in [0, 0.05) is 25.8 Å². The summed E-state index contributed by atoms with van der Waals surface area (Å²) in [6.45, 7) is 4.57. The number of nitrogen functional groups attached to an aromatic ring is 1. The van der Waals surface area contributed by atoms with E-state index in [2.05, 4.69) is 30.2 Å². The highest BCUT2D eigenvalue weighted by molar-refractivity contribution is 5.73. The van der Waals surface area contributed by atoms with Crippen molar-refractivity contribution in [1.29, 1.82) is 0 Å². The molecular weight excluding hydrogens is 444 g/mol. The zero-order chi connectivity index (χ0) is 25.0. The predicted molar refractivity (Wildman–Crippen MR) is 139 cm³/mol. The SMILES string of the molecule is CCN(C)C(=NCCCN(C)C)OCc1nc(N)nc(Nc2ccc(Oc3ccccc3)cc2)n1. The summed E-state index contributed by atoms with van der Waals surface area (Å²) >= 11 is 0. The second-order valence-electron chi connectivity index (χ2n) is 8.12.